The van der Waals surface area contributed by atoms with Gasteiger partial charge in [-0.2, -0.15) is 0 Å². The number of allylic oxidation sites excluding steroid dienone is 1. The predicted molar refractivity (Wildman–Crippen MR) is 58.6 cm³/mol. The van der Waals surface area contributed by atoms with Gasteiger partial charge in [0, 0.05) is 12.4 Å². The quantitative estimate of drug-likeness (QED) is 0.445. The van der Waals surface area contributed by atoms with E-state index in [1.165, 1.54) is 18.4 Å². The molecule has 1 aliphatic carbocycles. The minimum Gasteiger partial charge on any atom is -0.271 e. The molecule has 0 fully saturated rings. The van der Waals surface area contributed by atoms with E-state index in [-0.39, 0.29) is 6.04 Å². The van der Waals surface area contributed by atoms with Crippen LogP contribution in [0.5, 0.6) is 0 Å². The maximum atomic E-state index is 5.58. The third kappa shape index (κ3) is 2.40. The zero-order valence-corrected chi connectivity index (χ0v) is 8.69. The summed E-state index contributed by atoms with van der Waals surface area (Å²) in [6.45, 7) is 0. The van der Waals surface area contributed by atoms with Gasteiger partial charge in [-0.05, 0) is 31.3 Å². The third-order valence-corrected chi connectivity index (χ3v) is 2.74. The lowest BCUT2D eigenvalue weighted by molar-refractivity contribution is 0.554. The van der Waals surface area contributed by atoms with E-state index in [9.17, 15) is 0 Å². The van der Waals surface area contributed by atoms with Gasteiger partial charge in [0.05, 0.1) is 17.9 Å². The van der Waals surface area contributed by atoms with E-state index in [0.717, 1.165) is 18.5 Å². The summed E-state index contributed by atoms with van der Waals surface area (Å²) in [6.07, 6.45) is 12.2. The molecule has 80 valence electrons. The third-order valence-electron chi connectivity index (χ3n) is 2.74. The Morgan fingerprint density at radius 1 is 1.33 bits per heavy atom. The largest absolute Gasteiger partial charge is 0.271 e. The summed E-state index contributed by atoms with van der Waals surface area (Å²) in [6, 6.07) is 0.0269. The summed E-state index contributed by atoms with van der Waals surface area (Å²) >= 11 is 0. The minimum absolute atomic E-state index is 0.0269. The van der Waals surface area contributed by atoms with Crippen LogP contribution in [0.2, 0.25) is 0 Å². The first-order valence-electron chi connectivity index (χ1n) is 5.33. The second-order valence-corrected chi connectivity index (χ2v) is 3.75. The van der Waals surface area contributed by atoms with Crippen molar-refractivity contribution in [2.75, 3.05) is 0 Å². The van der Waals surface area contributed by atoms with Crippen LogP contribution in [0.3, 0.4) is 0 Å². The Balaban J connectivity index is 2.20. The van der Waals surface area contributed by atoms with Gasteiger partial charge in [-0.3, -0.25) is 15.8 Å². The standard InChI is InChI=1S/C11H16N4/c12-15-11(9-4-2-1-3-5-9)10-8-13-6-7-14-10/h4,6-8,11,15H,1-3,5,12H2. The van der Waals surface area contributed by atoms with Gasteiger partial charge < -0.3 is 0 Å². The predicted octanol–water partition coefficient (Wildman–Crippen LogP) is 1.48. The first-order valence-corrected chi connectivity index (χ1v) is 5.33. The molecule has 0 bridgehead atoms. The van der Waals surface area contributed by atoms with Crippen LogP contribution in [0, 0.1) is 0 Å². The number of hydrogen-bond acceptors (Lipinski definition) is 4. The lowest BCUT2D eigenvalue weighted by Gasteiger charge is -2.21. The van der Waals surface area contributed by atoms with Gasteiger partial charge in [0.25, 0.3) is 0 Å². The number of hydrazine groups is 1. The van der Waals surface area contributed by atoms with Gasteiger partial charge in [0.1, 0.15) is 0 Å². The first-order chi connectivity index (χ1) is 7.42. The molecule has 0 aromatic carbocycles. The van der Waals surface area contributed by atoms with Crippen molar-refractivity contribution >= 4 is 0 Å². The molecule has 1 unspecified atom stereocenters. The summed E-state index contributed by atoms with van der Waals surface area (Å²) in [7, 11) is 0. The number of aromatic nitrogens is 2. The summed E-state index contributed by atoms with van der Waals surface area (Å²) in [4.78, 5) is 8.34. The molecule has 1 aromatic rings. The van der Waals surface area contributed by atoms with E-state index in [1.807, 2.05) is 0 Å². The lowest BCUT2D eigenvalue weighted by atomic mass is 9.93. The minimum atomic E-state index is 0.0269. The number of rotatable bonds is 3. The molecule has 1 atom stereocenters. The average molecular weight is 204 g/mol. The number of nitrogens with zero attached hydrogens (tertiary/aromatic N) is 2. The lowest BCUT2D eigenvalue weighted by Crippen LogP contribution is -2.30. The van der Waals surface area contributed by atoms with Crippen molar-refractivity contribution in [2.45, 2.75) is 31.7 Å². The van der Waals surface area contributed by atoms with E-state index < -0.39 is 0 Å². The molecular formula is C11H16N4. The summed E-state index contributed by atoms with van der Waals surface area (Å²) in [5.41, 5.74) is 5.05. The number of nitrogens with one attached hydrogen (secondary N) is 1. The van der Waals surface area contributed by atoms with E-state index in [2.05, 4.69) is 21.5 Å². The highest BCUT2D eigenvalue weighted by Gasteiger charge is 2.17. The molecule has 1 aromatic heterocycles. The fraction of sp³-hybridized carbons (Fsp3) is 0.455. The molecule has 0 radical (unpaired) electrons. The van der Waals surface area contributed by atoms with Crippen molar-refractivity contribution in [2.24, 2.45) is 5.84 Å². The molecule has 1 aliphatic rings. The SMILES string of the molecule is NNC(C1=CCCCC1)c1cnccn1. The molecule has 4 heteroatoms. The zero-order chi connectivity index (χ0) is 10.5. The zero-order valence-electron chi connectivity index (χ0n) is 8.69. The monoisotopic (exact) mass is 204 g/mol. The Kier molecular flexibility index (Phi) is 3.42. The molecule has 0 spiro atoms. The van der Waals surface area contributed by atoms with Crippen molar-refractivity contribution in [1.29, 1.82) is 0 Å². The van der Waals surface area contributed by atoms with Crippen molar-refractivity contribution in [3.05, 3.63) is 35.9 Å². The van der Waals surface area contributed by atoms with Crippen molar-refractivity contribution < 1.29 is 0 Å². The van der Waals surface area contributed by atoms with Crippen LogP contribution in [0.1, 0.15) is 37.4 Å². The fourth-order valence-corrected chi connectivity index (χ4v) is 1.97. The Bertz CT molecular complexity index is 334. The highest BCUT2D eigenvalue weighted by Crippen LogP contribution is 2.27. The molecule has 3 N–H and O–H groups in total. The van der Waals surface area contributed by atoms with E-state index >= 15 is 0 Å². The molecule has 2 rings (SSSR count). The maximum absolute atomic E-state index is 5.58. The molecule has 0 saturated carbocycles. The van der Waals surface area contributed by atoms with E-state index in [4.69, 9.17) is 5.84 Å². The van der Waals surface area contributed by atoms with Crippen LogP contribution < -0.4 is 11.3 Å². The number of hydrogen-bond donors (Lipinski definition) is 2. The topological polar surface area (TPSA) is 63.8 Å². The summed E-state index contributed by atoms with van der Waals surface area (Å²) in [5.74, 6) is 5.58. The van der Waals surface area contributed by atoms with Crippen LogP contribution in [0.4, 0.5) is 0 Å². The second-order valence-electron chi connectivity index (χ2n) is 3.75. The van der Waals surface area contributed by atoms with Gasteiger partial charge in [-0.1, -0.05) is 6.08 Å². The van der Waals surface area contributed by atoms with E-state index in [1.54, 1.807) is 18.6 Å². The smallest absolute Gasteiger partial charge is 0.0857 e. The van der Waals surface area contributed by atoms with Crippen molar-refractivity contribution in [1.82, 2.24) is 15.4 Å². The van der Waals surface area contributed by atoms with Crippen LogP contribution in [-0.2, 0) is 0 Å². The summed E-state index contributed by atoms with van der Waals surface area (Å²) in [5, 5.41) is 0. The van der Waals surface area contributed by atoms with Gasteiger partial charge >= 0.3 is 0 Å². The van der Waals surface area contributed by atoms with Crippen LogP contribution >= 0.6 is 0 Å². The van der Waals surface area contributed by atoms with Crippen LogP contribution in [0.15, 0.2) is 30.2 Å². The van der Waals surface area contributed by atoms with Gasteiger partial charge in [-0.15, -0.1) is 0 Å². The number of nitrogens with two attached hydrogens (primary N) is 1. The van der Waals surface area contributed by atoms with Crippen LogP contribution in [0.25, 0.3) is 0 Å². The molecule has 0 aliphatic heterocycles. The molecular weight excluding hydrogens is 188 g/mol. The Morgan fingerprint density at radius 2 is 2.27 bits per heavy atom. The van der Waals surface area contributed by atoms with Crippen molar-refractivity contribution in [3.8, 4) is 0 Å². The molecule has 0 saturated heterocycles. The van der Waals surface area contributed by atoms with Gasteiger partial charge in [0.15, 0.2) is 0 Å². The summed E-state index contributed by atoms with van der Waals surface area (Å²) < 4.78 is 0. The normalized spacial score (nSPS) is 18.3. The Morgan fingerprint density at radius 3 is 2.87 bits per heavy atom. The average Bonchev–Trinajstić information content (AvgIpc) is 2.33. The molecule has 15 heavy (non-hydrogen) atoms. The van der Waals surface area contributed by atoms with E-state index in [0.29, 0.717) is 0 Å². The van der Waals surface area contributed by atoms with Crippen molar-refractivity contribution in [3.63, 3.8) is 0 Å². The fourth-order valence-electron chi connectivity index (χ4n) is 1.97. The van der Waals surface area contributed by atoms with Gasteiger partial charge in [-0.25, -0.2) is 5.43 Å². The highest BCUT2D eigenvalue weighted by atomic mass is 15.2. The Labute approximate surface area is 89.6 Å². The molecule has 4 nitrogen and oxygen atoms in total. The second kappa shape index (κ2) is 5.00. The highest BCUT2D eigenvalue weighted by molar-refractivity contribution is 5.21. The maximum Gasteiger partial charge on any atom is 0.0857 e. The van der Waals surface area contributed by atoms with Crippen LogP contribution in [-0.4, -0.2) is 9.97 Å². The van der Waals surface area contributed by atoms with Gasteiger partial charge in [0.2, 0.25) is 0 Å². The molecule has 1 heterocycles. The Hall–Kier alpha value is -1.26. The molecule has 0 amide bonds. The first kappa shape index (κ1) is 10.3.